The lowest BCUT2D eigenvalue weighted by Gasteiger charge is -2.45. The minimum Gasteiger partial charge on any atom is -0.367 e. The molecule has 0 aliphatic heterocycles. The van der Waals surface area contributed by atoms with Crippen molar-refractivity contribution >= 4 is 26.5 Å². The monoisotopic (exact) mass is 440 g/mol. The van der Waals surface area contributed by atoms with Crippen LogP contribution in [0.25, 0.3) is 0 Å². The lowest BCUT2D eigenvalue weighted by Crippen LogP contribution is -2.30. The molecule has 0 amide bonds. The molecule has 0 radical (unpaired) electrons. The van der Waals surface area contributed by atoms with Crippen molar-refractivity contribution in [2.75, 3.05) is 0 Å². The van der Waals surface area contributed by atoms with E-state index in [-0.39, 0.29) is 7.92 Å². The quantitative estimate of drug-likeness (QED) is 0.309. The highest BCUT2D eigenvalue weighted by atomic mass is 31.1. The van der Waals surface area contributed by atoms with Crippen LogP contribution in [0.4, 0.5) is 0 Å². The molecule has 4 heteroatoms. The fourth-order valence-electron chi connectivity index (χ4n) is 4.13. The fraction of sp³-hybridized carbons (Fsp3) is 0.462. The van der Waals surface area contributed by atoms with Crippen molar-refractivity contribution in [2.45, 2.75) is 77.0 Å². The maximum Gasteiger partial charge on any atom is 0.00860 e. The molecule has 0 aliphatic rings. The number of H-pyrrole nitrogens is 2. The van der Waals surface area contributed by atoms with E-state index in [4.69, 9.17) is 0 Å². The maximum atomic E-state index is 3.27. The van der Waals surface area contributed by atoms with E-state index < -0.39 is 7.92 Å². The average Bonchev–Trinajstić information content (AvgIpc) is 3.45. The summed E-state index contributed by atoms with van der Waals surface area (Å²) in [5, 5.41) is 3.61. The fourth-order valence-corrected chi connectivity index (χ4v) is 10.3. The van der Waals surface area contributed by atoms with Crippen LogP contribution in [-0.2, 0) is 12.3 Å². The van der Waals surface area contributed by atoms with Crippen LogP contribution in [0, 0.1) is 0 Å². The minimum atomic E-state index is -0.413. The number of aromatic amines is 2. The first-order valence-corrected chi connectivity index (χ1v) is 14.2. The van der Waals surface area contributed by atoms with Gasteiger partial charge in [-0.25, -0.2) is 0 Å². The number of hydrogen-bond donors (Lipinski definition) is 2. The van der Waals surface area contributed by atoms with Crippen molar-refractivity contribution in [1.29, 1.82) is 0 Å². The third-order valence-electron chi connectivity index (χ3n) is 6.75. The summed E-state index contributed by atoms with van der Waals surface area (Å²) in [6.07, 6.45) is 13.3. The highest BCUT2D eigenvalue weighted by molar-refractivity contribution is 7.72. The van der Waals surface area contributed by atoms with Gasteiger partial charge in [0.05, 0.1) is 0 Å². The largest absolute Gasteiger partial charge is 0.367 e. The van der Waals surface area contributed by atoms with Crippen molar-refractivity contribution in [3.8, 4) is 0 Å². The predicted octanol–water partition coefficient (Wildman–Crippen LogP) is 7.33. The molecule has 0 saturated heterocycles. The molecule has 0 bridgehead atoms. The van der Waals surface area contributed by atoms with E-state index in [1.54, 1.807) is 5.56 Å². The number of rotatable bonds is 10. The Balaban J connectivity index is 1.95. The zero-order chi connectivity index (χ0) is 21.8. The van der Waals surface area contributed by atoms with Crippen molar-refractivity contribution in [1.82, 2.24) is 9.97 Å². The standard InChI is InChI=1S/C26H38N2P2/c1-7-25(3,4)30(26(5,6)8-2)20-22-12-10-9-11-21(22)19-29(23-13-15-27-17-23)24-14-16-28-18-24/h9-18,27-28H,7-8,19-20H2,1-6H3. The number of nitrogens with one attached hydrogen (secondary N) is 2. The summed E-state index contributed by atoms with van der Waals surface area (Å²) in [6, 6.07) is 13.7. The van der Waals surface area contributed by atoms with Crippen LogP contribution in [0.15, 0.2) is 61.2 Å². The zero-order valence-corrected chi connectivity index (χ0v) is 21.3. The van der Waals surface area contributed by atoms with E-state index in [2.05, 4.69) is 113 Å². The lowest BCUT2D eigenvalue weighted by molar-refractivity contribution is 0.601. The molecule has 1 aromatic carbocycles. The van der Waals surface area contributed by atoms with Crippen LogP contribution in [0.3, 0.4) is 0 Å². The van der Waals surface area contributed by atoms with Gasteiger partial charge in [0.2, 0.25) is 0 Å². The topological polar surface area (TPSA) is 31.6 Å². The molecule has 0 saturated carbocycles. The third kappa shape index (κ3) is 5.27. The van der Waals surface area contributed by atoms with E-state index >= 15 is 0 Å². The molecule has 3 aromatic rings. The van der Waals surface area contributed by atoms with Crippen LogP contribution >= 0.6 is 15.8 Å². The Hall–Kier alpha value is -1.36. The first-order chi connectivity index (χ1) is 14.3. The summed E-state index contributed by atoms with van der Waals surface area (Å²) in [5.41, 5.74) is 3.09. The SMILES string of the molecule is CCC(C)(C)P(Cc1ccccc1CP(c1cc[nH]c1)c1cc[nH]c1)C(C)(C)CC. The van der Waals surface area contributed by atoms with Gasteiger partial charge in [0.15, 0.2) is 0 Å². The van der Waals surface area contributed by atoms with Crippen molar-refractivity contribution in [3.05, 3.63) is 72.3 Å². The van der Waals surface area contributed by atoms with E-state index in [1.807, 2.05) is 0 Å². The minimum absolute atomic E-state index is 0.160. The van der Waals surface area contributed by atoms with Crippen molar-refractivity contribution in [3.63, 3.8) is 0 Å². The molecule has 2 aromatic heterocycles. The molecule has 2 heterocycles. The smallest absolute Gasteiger partial charge is 0.00860 e. The zero-order valence-electron chi connectivity index (χ0n) is 19.5. The maximum absolute atomic E-state index is 3.27. The average molecular weight is 441 g/mol. The Morgan fingerprint density at radius 3 is 1.57 bits per heavy atom. The van der Waals surface area contributed by atoms with Gasteiger partial charge in [-0.05, 0) is 71.1 Å². The molecule has 162 valence electrons. The van der Waals surface area contributed by atoms with Crippen LogP contribution < -0.4 is 10.6 Å². The number of aromatic nitrogens is 2. The van der Waals surface area contributed by atoms with E-state index in [0.29, 0.717) is 10.3 Å². The summed E-state index contributed by atoms with van der Waals surface area (Å²) in [5.74, 6) is 0. The molecule has 2 N–H and O–H groups in total. The van der Waals surface area contributed by atoms with Crippen LogP contribution in [0.2, 0.25) is 0 Å². The molecule has 0 fully saturated rings. The Bertz CT molecular complexity index is 845. The first kappa shape index (κ1) is 23.3. The van der Waals surface area contributed by atoms with E-state index in [0.717, 1.165) is 6.16 Å². The lowest BCUT2D eigenvalue weighted by atomic mass is 10.1. The molecule has 3 rings (SSSR count). The Morgan fingerprint density at radius 1 is 0.700 bits per heavy atom. The van der Waals surface area contributed by atoms with Gasteiger partial charge in [0, 0.05) is 30.9 Å². The van der Waals surface area contributed by atoms with E-state index in [9.17, 15) is 0 Å². The normalized spacial score (nSPS) is 12.8. The molecular formula is C26H38N2P2. The van der Waals surface area contributed by atoms with Gasteiger partial charge in [-0.15, -0.1) is 0 Å². The van der Waals surface area contributed by atoms with Crippen molar-refractivity contribution < 1.29 is 0 Å². The second-order valence-electron chi connectivity index (χ2n) is 9.41. The number of hydrogen-bond acceptors (Lipinski definition) is 0. The van der Waals surface area contributed by atoms with E-state index in [1.165, 1.54) is 35.2 Å². The molecule has 0 spiro atoms. The Labute approximate surface area is 185 Å². The van der Waals surface area contributed by atoms with Crippen LogP contribution in [0.1, 0.15) is 65.5 Å². The van der Waals surface area contributed by atoms with Crippen molar-refractivity contribution in [2.24, 2.45) is 0 Å². The molecule has 0 aliphatic carbocycles. The van der Waals surface area contributed by atoms with Crippen LogP contribution in [-0.4, -0.2) is 20.3 Å². The second kappa shape index (κ2) is 9.84. The van der Waals surface area contributed by atoms with Gasteiger partial charge in [0.1, 0.15) is 0 Å². The van der Waals surface area contributed by atoms with Gasteiger partial charge >= 0.3 is 0 Å². The summed E-state index contributed by atoms with van der Waals surface area (Å²) >= 11 is 0. The van der Waals surface area contributed by atoms with Gasteiger partial charge in [-0.1, -0.05) is 73.7 Å². The van der Waals surface area contributed by atoms with Gasteiger partial charge < -0.3 is 9.97 Å². The highest BCUT2D eigenvalue weighted by Gasteiger charge is 2.38. The third-order valence-corrected chi connectivity index (χ3v) is 13.4. The summed E-state index contributed by atoms with van der Waals surface area (Å²) in [4.78, 5) is 6.54. The Morgan fingerprint density at radius 2 is 1.17 bits per heavy atom. The van der Waals surface area contributed by atoms with Gasteiger partial charge in [-0.2, -0.15) is 0 Å². The highest BCUT2D eigenvalue weighted by Crippen LogP contribution is 2.64. The predicted molar refractivity (Wildman–Crippen MR) is 137 cm³/mol. The molecule has 2 nitrogen and oxygen atoms in total. The van der Waals surface area contributed by atoms with Crippen LogP contribution in [0.5, 0.6) is 0 Å². The molecule has 0 unspecified atom stereocenters. The summed E-state index contributed by atoms with van der Waals surface area (Å²) in [7, 11) is -0.573. The van der Waals surface area contributed by atoms with Gasteiger partial charge in [-0.3, -0.25) is 0 Å². The summed E-state index contributed by atoms with van der Waals surface area (Å²) in [6.45, 7) is 14.7. The second-order valence-corrected chi connectivity index (χ2v) is 15.2. The van der Waals surface area contributed by atoms with Gasteiger partial charge in [0.25, 0.3) is 0 Å². The molecule has 30 heavy (non-hydrogen) atoms. The Kier molecular flexibility index (Phi) is 7.65. The molecular weight excluding hydrogens is 402 g/mol. The first-order valence-electron chi connectivity index (χ1n) is 11.2. The summed E-state index contributed by atoms with van der Waals surface area (Å²) < 4.78 is 0. The molecule has 0 atom stereocenters. The number of benzene rings is 1.